The van der Waals surface area contributed by atoms with E-state index in [-0.39, 0.29) is 23.1 Å². The molecule has 0 N–H and O–H groups in total. The monoisotopic (exact) mass is 546 g/mol. The van der Waals surface area contributed by atoms with Gasteiger partial charge >= 0.3 is 6.18 Å². The van der Waals surface area contributed by atoms with E-state index in [4.69, 9.17) is 27.9 Å². The molecule has 0 aliphatic carbocycles. The van der Waals surface area contributed by atoms with E-state index >= 15 is 0 Å². The number of benzene rings is 2. The minimum Gasteiger partial charge on any atom is -0.362 e. The molecule has 0 saturated carbocycles. The van der Waals surface area contributed by atoms with Gasteiger partial charge in [0.2, 0.25) is 5.91 Å². The average Bonchev–Trinajstić information content (AvgIpc) is 3.38. The lowest BCUT2D eigenvalue weighted by molar-refractivity contribution is -0.171. The lowest BCUT2D eigenvalue weighted by Crippen LogP contribution is -2.61. The highest BCUT2D eigenvalue weighted by molar-refractivity contribution is 7.99. The largest absolute Gasteiger partial charge is 0.409 e. The van der Waals surface area contributed by atoms with E-state index in [1.54, 1.807) is 17.0 Å². The second-order valence-electron chi connectivity index (χ2n) is 9.39. The molecular weight excluding hydrogens is 527 g/mol. The quantitative estimate of drug-likeness (QED) is 0.245. The van der Waals surface area contributed by atoms with Crippen molar-refractivity contribution in [1.82, 2.24) is 4.90 Å². The third-order valence-electron chi connectivity index (χ3n) is 6.77. The standard InChI is InChI=1S/C24H20Cl2F4N2O2S/c1-12(2)21(33)32-10-22(11-32)16-4-3-13(5-14(16)9-34-22)19-8-23(35-31-19,24(28,29)30)15-6-17(25)20(27)18(26)7-15/h3-7,12H,8-11H2,1-2H3/t23-/m0/s1. The Morgan fingerprint density at radius 3 is 2.43 bits per heavy atom. The molecule has 0 bridgehead atoms. The van der Waals surface area contributed by atoms with Crippen molar-refractivity contribution in [3.05, 3.63) is 68.4 Å². The summed E-state index contributed by atoms with van der Waals surface area (Å²) >= 11 is 12.0. The van der Waals surface area contributed by atoms with Crippen molar-refractivity contribution in [2.24, 2.45) is 10.3 Å². The first kappa shape index (κ1) is 24.9. The van der Waals surface area contributed by atoms with Gasteiger partial charge in [0.05, 0.1) is 35.5 Å². The maximum absolute atomic E-state index is 14.4. The van der Waals surface area contributed by atoms with Gasteiger partial charge in [-0.3, -0.25) is 4.79 Å². The number of hydrogen-bond acceptors (Lipinski definition) is 4. The van der Waals surface area contributed by atoms with Crippen molar-refractivity contribution in [3.63, 3.8) is 0 Å². The molecule has 3 heterocycles. The van der Waals surface area contributed by atoms with Gasteiger partial charge in [-0.2, -0.15) is 13.2 Å². The van der Waals surface area contributed by atoms with Crippen LogP contribution in [0.2, 0.25) is 10.0 Å². The summed E-state index contributed by atoms with van der Waals surface area (Å²) in [4.78, 5) is 14.0. The lowest BCUT2D eigenvalue weighted by atomic mass is 9.83. The molecule has 2 aromatic rings. The smallest absolute Gasteiger partial charge is 0.362 e. The molecule has 1 amide bonds. The third-order valence-corrected chi connectivity index (χ3v) is 8.55. The maximum Gasteiger partial charge on any atom is 0.409 e. The van der Waals surface area contributed by atoms with E-state index in [0.717, 1.165) is 23.3 Å². The first-order chi connectivity index (χ1) is 16.4. The van der Waals surface area contributed by atoms with Gasteiger partial charge in [0, 0.05) is 12.3 Å². The van der Waals surface area contributed by atoms with Crippen molar-refractivity contribution >= 4 is 46.8 Å². The van der Waals surface area contributed by atoms with Gasteiger partial charge in [-0.05, 0) is 52.4 Å². The molecule has 4 nitrogen and oxygen atoms in total. The van der Waals surface area contributed by atoms with E-state index in [1.165, 1.54) is 0 Å². The molecule has 1 atom stereocenters. The topological polar surface area (TPSA) is 41.9 Å². The van der Waals surface area contributed by atoms with Crippen molar-refractivity contribution in [2.45, 2.75) is 43.4 Å². The molecule has 1 fully saturated rings. The Bertz CT molecular complexity index is 1240. The van der Waals surface area contributed by atoms with Crippen molar-refractivity contribution in [2.75, 3.05) is 13.1 Å². The fourth-order valence-corrected chi connectivity index (χ4v) is 6.28. The molecule has 1 spiro atoms. The number of amides is 1. The van der Waals surface area contributed by atoms with Gasteiger partial charge in [0.1, 0.15) is 5.60 Å². The minimum atomic E-state index is -4.70. The predicted octanol–water partition coefficient (Wildman–Crippen LogP) is 6.66. The number of ether oxygens (including phenoxy) is 1. The normalized spacial score (nSPS) is 23.0. The number of nitrogens with zero attached hydrogens (tertiary/aromatic N) is 2. The van der Waals surface area contributed by atoms with E-state index in [2.05, 4.69) is 4.40 Å². The summed E-state index contributed by atoms with van der Waals surface area (Å²) in [6.45, 7) is 4.91. The Morgan fingerprint density at radius 1 is 1.17 bits per heavy atom. The van der Waals surface area contributed by atoms with Crippen LogP contribution in [0.25, 0.3) is 0 Å². The summed E-state index contributed by atoms with van der Waals surface area (Å²) in [6.07, 6.45) is -5.16. The summed E-state index contributed by atoms with van der Waals surface area (Å²) in [7, 11) is 0. The zero-order valence-electron chi connectivity index (χ0n) is 18.7. The Balaban J connectivity index is 1.42. The Labute approximate surface area is 213 Å². The predicted molar refractivity (Wildman–Crippen MR) is 127 cm³/mol. The summed E-state index contributed by atoms with van der Waals surface area (Å²) < 4.78 is 64.7. The average molecular weight is 547 g/mol. The van der Waals surface area contributed by atoms with Gasteiger partial charge in [-0.15, -0.1) is 0 Å². The highest BCUT2D eigenvalue weighted by Gasteiger charge is 2.60. The first-order valence-electron chi connectivity index (χ1n) is 10.9. The number of carbonyl (C=O) groups excluding carboxylic acids is 1. The van der Waals surface area contributed by atoms with Gasteiger partial charge in [-0.1, -0.05) is 49.2 Å². The number of carbonyl (C=O) groups is 1. The summed E-state index contributed by atoms with van der Waals surface area (Å²) in [5, 5.41) is -0.953. The number of likely N-dealkylation sites (tertiary alicyclic amines) is 1. The number of rotatable bonds is 3. The van der Waals surface area contributed by atoms with Gasteiger partial charge in [0.25, 0.3) is 0 Å². The number of alkyl halides is 3. The molecule has 0 radical (unpaired) electrons. The fourth-order valence-electron chi connectivity index (χ4n) is 4.83. The maximum atomic E-state index is 14.4. The zero-order chi connectivity index (χ0) is 25.3. The summed E-state index contributed by atoms with van der Waals surface area (Å²) in [5.41, 5.74) is 1.80. The van der Waals surface area contributed by atoms with Crippen molar-refractivity contribution < 1.29 is 27.1 Å². The Kier molecular flexibility index (Phi) is 5.94. The highest BCUT2D eigenvalue weighted by Crippen LogP contribution is 2.57. The van der Waals surface area contributed by atoms with E-state index < -0.39 is 38.8 Å². The van der Waals surface area contributed by atoms with Crippen LogP contribution in [0.1, 0.15) is 42.5 Å². The van der Waals surface area contributed by atoms with Crippen LogP contribution in [0, 0.1) is 11.7 Å². The van der Waals surface area contributed by atoms with E-state index in [0.29, 0.717) is 37.2 Å². The molecule has 3 aliphatic heterocycles. The molecule has 0 aromatic heterocycles. The van der Waals surface area contributed by atoms with Crippen LogP contribution in [0.5, 0.6) is 0 Å². The number of fused-ring (bicyclic) bond motifs is 2. The highest BCUT2D eigenvalue weighted by atomic mass is 35.5. The zero-order valence-corrected chi connectivity index (χ0v) is 21.0. The molecule has 35 heavy (non-hydrogen) atoms. The van der Waals surface area contributed by atoms with Gasteiger partial charge < -0.3 is 9.64 Å². The van der Waals surface area contributed by atoms with Crippen LogP contribution >= 0.6 is 35.1 Å². The molecule has 186 valence electrons. The van der Waals surface area contributed by atoms with Crippen LogP contribution in [-0.4, -0.2) is 35.8 Å². The van der Waals surface area contributed by atoms with Crippen molar-refractivity contribution in [1.29, 1.82) is 0 Å². The summed E-state index contributed by atoms with van der Waals surface area (Å²) in [6, 6.07) is 7.30. The molecule has 3 aliphatic rings. The second kappa shape index (κ2) is 8.36. The second-order valence-corrected chi connectivity index (χ2v) is 11.3. The van der Waals surface area contributed by atoms with Crippen LogP contribution in [0.15, 0.2) is 34.7 Å². The number of halogens is 6. The fraction of sp³-hybridized carbons (Fsp3) is 0.417. The van der Waals surface area contributed by atoms with E-state index in [1.807, 2.05) is 19.9 Å². The molecule has 11 heteroatoms. The molecule has 0 unspecified atom stereocenters. The Hall–Kier alpha value is -1.81. The molecule has 1 saturated heterocycles. The SMILES string of the molecule is CC(C)C(=O)N1CC2(C1)OCc1cc(C3=NS[C@@](c4cc(Cl)c(F)c(Cl)c4)(C(F)(F)F)C3)ccc12. The minimum absolute atomic E-state index is 0.0612. The Morgan fingerprint density at radius 2 is 1.83 bits per heavy atom. The van der Waals surface area contributed by atoms with E-state index in [9.17, 15) is 22.4 Å². The summed E-state index contributed by atoms with van der Waals surface area (Å²) in [5.74, 6) is -1.00. The van der Waals surface area contributed by atoms with Crippen LogP contribution in [0.4, 0.5) is 17.6 Å². The van der Waals surface area contributed by atoms with Gasteiger partial charge in [0.15, 0.2) is 10.6 Å². The van der Waals surface area contributed by atoms with Crippen LogP contribution in [-0.2, 0) is 26.5 Å². The molecule has 5 rings (SSSR count). The molecular formula is C24H20Cl2F4N2O2S. The van der Waals surface area contributed by atoms with Crippen molar-refractivity contribution in [3.8, 4) is 0 Å². The van der Waals surface area contributed by atoms with Crippen LogP contribution < -0.4 is 0 Å². The number of hydrogen-bond donors (Lipinski definition) is 0. The molecule has 2 aromatic carbocycles. The van der Waals surface area contributed by atoms with Crippen LogP contribution in [0.3, 0.4) is 0 Å². The lowest BCUT2D eigenvalue weighted by Gasteiger charge is -2.48. The third kappa shape index (κ3) is 3.86. The van der Waals surface area contributed by atoms with Gasteiger partial charge in [-0.25, -0.2) is 8.79 Å². The first-order valence-corrected chi connectivity index (χ1v) is 12.4.